The number of benzene rings is 1. The van der Waals surface area contributed by atoms with Crippen LogP contribution in [-0.4, -0.2) is 38.9 Å². The zero-order chi connectivity index (χ0) is 22.4. The number of Topliss-reactive ketones (excluding diaryl/α,β-unsaturated/α-hetero) is 1. The van der Waals surface area contributed by atoms with Crippen molar-refractivity contribution >= 4 is 20.1 Å². The van der Waals surface area contributed by atoms with Crippen molar-refractivity contribution in [3.05, 3.63) is 23.8 Å². The van der Waals surface area contributed by atoms with Crippen LogP contribution in [-0.2, 0) is 14.3 Å². The molecule has 3 rings (SSSR count). The number of carbonyl (C=O) groups excluding carboxylic acids is 2. The zero-order valence-corrected chi connectivity index (χ0v) is 20.0. The smallest absolute Gasteiger partial charge is 0.309 e. The van der Waals surface area contributed by atoms with Crippen LogP contribution in [0.1, 0.15) is 45.8 Å². The Labute approximate surface area is 180 Å². The summed E-state index contributed by atoms with van der Waals surface area (Å²) in [5.74, 6) is -0.243. The Kier molecular flexibility index (Phi) is 6.08. The molecule has 0 saturated heterocycles. The SMILES string of the molecule is CCOC(=O)[C@H]1[C@@H]2C[C@@H](C(O)c3ccc(OC)c(O[Si](C)(C)C(C)(C)C)c3)C(=O)[C@@H]21. The zero-order valence-electron chi connectivity index (χ0n) is 19.0. The quantitative estimate of drug-likeness (QED) is 0.513. The van der Waals surface area contributed by atoms with E-state index < -0.39 is 20.3 Å². The van der Waals surface area contributed by atoms with Crippen LogP contribution in [0.4, 0.5) is 0 Å². The fourth-order valence-corrected chi connectivity index (χ4v) is 5.19. The first-order chi connectivity index (χ1) is 13.9. The monoisotopic (exact) mass is 434 g/mol. The molecule has 5 atom stereocenters. The number of ketones is 1. The van der Waals surface area contributed by atoms with Gasteiger partial charge in [-0.3, -0.25) is 9.59 Å². The van der Waals surface area contributed by atoms with Crippen molar-refractivity contribution in [3.63, 3.8) is 0 Å². The van der Waals surface area contributed by atoms with Crippen LogP contribution < -0.4 is 9.16 Å². The van der Waals surface area contributed by atoms with E-state index in [1.807, 2.05) is 0 Å². The normalized spacial score (nSPS) is 26.7. The Bertz CT molecular complexity index is 827. The molecule has 0 bridgehead atoms. The number of hydrogen-bond acceptors (Lipinski definition) is 6. The summed E-state index contributed by atoms with van der Waals surface area (Å²) in [7, 11) is -0.519. The topological polar surface area (TPSA) is 82.1 Å². The summed E-state index contributed by atoms with van der Waals surface area (Å²) in [6.07, 6.45) is -0.417. The van der Waals surface area contributed by atoms with Crippen LogP contribution in [0.2, 0.25) is 18.1 Å². The summed E-state index contributed by atoms with van der Waals surface area (Å²) >= 11 is 0. The minimum absolute atomic E-state index is 0.00241. The summed E-state index contributed by atoms with van der Waals surface area (Å²) < 4.78 is 17.0. The third-order valence-electron chi connectivity index (χ3n) is 7.03. The molecule has 1 N–H and O–H groups in total. The summed E-state index contributed by atoms with van der Waals surface area (Å²) in [4.78, 5) is 24.8. The molecule has 166 valence electrons. The predicted molar refractivity (Wildman–Crippen MR) is 116 cm³/mol. The first-order valence-corrected chi connectivity index (χ1v) is 13.6. The van der Waals surface area contributed by atoms with Gasteiger partial charge in [-0.25, -0.2) is 0 Å². The van der Waals surface area contributed by atoms with Gasteiger partial charge >= 0.3 is 5.97 Å². The Balaban J connectivity index is 1.77. The van der Waals surface area contributed by atoms with Gasteiger partial charge in [0.1, 0.15) is 11.5 Å². The lowest BCUT2D eigenvalue weighted by molar-refractivity contribution is -0.147. The Hall–Kier alpha value is -1.86. The summed E-state index contributed by atoms with van der Waals surface area (Å²) in [6.45, 7) is 12.9. The van der Waals surface area contributed by atoms with Crippen LogP contribution >= 0.6 is 0 Å². The Morgan fingerprint density at radius 3 is 2.43 bits per heavy atom. The fraction of sp³-hybridized carbons (Fsp3) is 0.652. The number of fused-ring (bicyclic) bond motifs is 1. The number of carbonyl (C=O) groups is 2. The van der Waals surface area contributed by atoms with Crippen molar-refractivity contribution in [2.75, 3.05) is 13.7 Å². The standard InChI is InChI=1S/C23H34O6Si/c1-8-28-22(26)19-14-12-15(21(25)18(14)19)20(24)13-9-10-16(27-5)17(11-13)29-30(6,7)23(2,3)4/h9-11,14-15,18-20,24H,8,12H2,1-7H3/t14-,15+,18+,19+,20?/m1/s1. The van der Waals surface area contributed by atoms with Crippen molar-refractivity contribution in [3.8, 4) is 11.5 Å². The Morgan fingerprint density at radius 1 is 1.27 bits per heavy atom. The van der Waals surface area contributed by atoms with Crippen molar-refractivity contribution in [1.29, 1.82) is 0 Å². The highest BCUT2D eigenvalue weighted by molar-refractivity contribution is 6.74. The molecule has 2 saturated carbocycles. The van der Waals surface area contributed by atoms with Gasteiger partial charge in [-0.2, -0.15) is 0 Å². The molecule has 2 aliphatic rings. The summed E-state index contributed by atoms with van der Waals surface area (Å²) in [5, 5.41) is 11.0. The number of esters is 1. The van der Waals surface area contributed by atoms with Crippen LogP contribution in [0, 0.1) is 23.7 Å². The molecule has 6 nitrogen and oxygen atoms in total. The lowest BCUT2D eigenvalue weighted by Gasteiger charge is -2.37. The van der Waals surface area contributed by atoms with Crippen molar-refractivity contribution in [1.82, 2.24) is 0 Å². The van der Waals surface area contributed by atoms with Gasteiger partial charge in [0.2, 0.25) is 0 Å². The van der Waals surface area contributed by atoms with Crippen LogP contribution in [0.5, 0.6) is 11.5 Å². The van der Waals surface area contributed by atoms with E-state index in [-0.39, 0.29) is 34.5 Å². The molecule has 7 heteroatoms. The van der Waals surface area contributed by atoms with E-state index in [2.05, 4.69) is 33.9 Å². The highest BCUT2D eigenvalue weighted by Gasteiger charge is 2.66. The first-order valence-electron chi connectivity index (χ1n) is 10.7. The number of methoxy groups -OCH3 is 1. The summed E-state index contributed by atoms with van der Waals surface area (Å²) in [5.41, 5.74) is 0.636. The van der Waals surface area contributed by atoms with E-state index in [0.29, 0.717) is 30.1 Å². The second kappa shape index (κ2) is 8.00. The molecular weight excluding hydrogens is 400 g/mol. The number of aliphatic hydroxyl groups excluding tert-OH is 1. The van der Waals surface area contributed by atoms with E-state index in [4.69, 9.17) is 13.9 Å². The lowest BCUT2D eigenvalue weighted by Crippen LogP contribution is -2.44. The molecule has 0 heterocycles. The van der Waals surface area contributed by atoms with Gasteiger partial charge in [0, 0.05) is 11.8 Å². The summed E-state index contributed by atoms with van der Waals surface area (Å²) in [6, 6.07) is 5.36. The van der Waals surface area contributed by atoms with E-state index in [1.54, 1.807) is 32.2 Å². The highest BCUT2D eigenvalue weighted by atomic mass is 28.4. The molecule has 0 spiro atoms. The van der Waals surface area contributed by atoms with E-state index in [1.165, 1.54) is 0 Å². The molecular formula is C23H34O6Si. The number of hydrogen-bond donors (Lipinski definition) is 1. The average Bonchev–Trinajstić information content (AvgIpc) is 3.28. The van der Waals surface area contributed by atoms with Crippen molar-refractivity contribution < 1.29 is 28.6 Å². The van der Waals surface area contributed by atoms with Crippen LogP contribution in [0.15, 0.2) is 18.2 Å². The molecule has 0 radical (unpaired) electrons. The number of rotatable bonds is 7. The molecule has 0 aliphatic heterocycles. The second-order valence-corrected chi connectivity index (χ2v) is 14.7. The third-order valence-corrected chi connectivity index (χ3v) is 11.4. The molecule has 0 amide bonds. The lowest BCUT2D eigenvalue weighted by atomic mass is 9.89. The molecule has 1 aromatic carbocycles. The maximum atomic E-state index is 12.8. The second-order valence-electron chi connectivity index (χ2n) is 9.93. The number of aliphatic hydroxyl groups is 1. The van der Waals surface area contributed by atoms with Gasteiger partial charge in [-0.05, 0) is 55.1 Å². The maximum Gasteiger partial charge on any atom is 0.309 e. The largest absolute Gasteiger partial charge is 0.541 e. The van der Waals surface area contributed by atoms with Gasteiger partial charge in [0.25, 0.3) is 8.32 Å². The highest BCUT2D eigenvalue weighted by Crippen LogP contribution is 2.60. The van der Waals surface area contributed by atoms with Crippen LogP contribution in [0.25, 0.3) is 0 Å². The predicted octanol–water partition coefficient (Wildman–Crippen LogP) is 4.13. The van der Waals surface area contributed by atoms with Gasteiger partial charge < -0.3 is 19.0 Å². The minimum atomic E-state index is -2.11. The van der Waals surface area contributed by atoms with Gasteiger partial charge in [-0.1, -0.05) is 26.8 Å². The Morgan fingerprint density at radius 2 is 1.93 bits per heavy atom. The van der Waals surface area contributed by atoms with E-state index >= 15 is 0 Å². The van der Waals surface area contributed by atoms with Gasteiger partial charge in [-0.15, -0.1) is 0 Å². The van der Waals surface area contributed by atoms with Crippen molar-refractivity contribution in [2.45, 2.75) is 58.4 Å². The minimum Gasteiger partial charge on any atom is -0.541 e. The third kappa shape index (κ3) is 4.01. The molecule has 1 unspecified atom stereocenters. The van der Waals surface area contributed by atoms with Gasteiger partial charge in [0.05, 0.1) is 25.7 Å². The van der Waals surface area contributed by atoms with Gasteiger partial charge in [0.15, 0.2) is 5.75 Å². The molecule has 2 fully saturated rings. The molecule has 2 aliphatic carbocycles. The average molecular weight is 435 g/mol. The fourth-order valence-electron chi connectivity index (χ4n) is 4.17. The van der Waals surface area contributed by atoms with Crippen LogP contribution in [0.3, 0.4) is 0 Å². The maximum absolute atomic E-state index is 12.8. The molecule has 1 aromatic rings. The number of ether oxygens (including phenoxy) is 2. The first kappa shape index (κ1) is 22.8. The van der Waals surface area contributed by atoms with E-state index in [0.717, 1.165) is 0 Å². The van der Waals surface area contributed by atoms with Crippen molar-refractivity contribution in [2.24, 2.45) is 23.7 Å². The molecule has 0 aromatic heterocycles. The molecule has 30 heavy (non-hydrogen) atoms. The van der Waals surface area contributed by atoms with E-state index in [9.17, 15) is 14.7 Å².